The Morgan fingerprint density at radius 1 is 1.28 bits per heavy atom. The summed E-state index contributed by atoms with van der Waals surface area (Å²) in [6, 6.07) is 2.70. The summed E-state index contributed by atoms with van der Waals surface area (Å²) in [5.74, 6) is 0.699. The zero-order valence-corrected chi connectivity index (χ0v) is 15.4. The molecule has 2 heterocycles. The van der Waals surface area contributed by atoms with Crippen LogP contribution in [0.1, 0.15) is 55.0 Å². The molecular weight excluding hydrogens is 316 g/mol. The largest absolute Gasteiger partial charge is 0.370 e. The van der Waals surface area contributed by atoms with Crippen molar-refractivity contribution in [2.75, 3.05) is 38.2 Å². The highest BCUT2D eigenvalue weighted by Crippen LogP contribution is 2.36. The molecule has 0 bridgehead atoms. The van der Waals surface area contributed by atoms with Gasteiger partial charge in [-0.15, -0.1) is 0 Å². The van der Waals surface area contributed by atoms with Crippen LogP contribution in [0.3, 0.4) is 0 Å². The molecule has 0 atom stereocenters. The van der Waals surface area contributed by atoms with Crippen LogP contribution in [0.4, 0.5) is 5.82 Å². The molecule has 6 nitrogen and oxygen atoms in total. The fraction of sp³-hybridized carbons (Fsp3) is 0.684. The molecule has 0 spiro atoms. The molecule has 0 radical (unpaired) electrons. The van der Waals surface area contributed by atoms with E-state index in [-0.39, 0.29) is 5.91 Å². The predicted octanol–water partition coefficient (Wildman–Crippen LogP) is 1.34. The van der Waals surface area contributed by atoms with Crippen LogP contribution in [-0.4, -0.2) is 43.3 Å². The molecular formula is C19H29N4O2+. The number of nitrogens with zero attached hydrogens (tertiary/aromatic N) is 2. The van der Waals surface area contributed by atoms with Gasteiger partial charge in [-0.25, -0.2) is 0 Å². The van der Waals surface area contributed by atoms with Gasteiger partial charge < -0.3 is 19.5 Å². The number of morpholine rings is 1. The first kappa shape index (κ1) is 18.0. The summed E-state index contributed by atoms with van der Waals surface area (Å²) in [5, 5.41) is 12.7. The van der Waals surface area contributed by atoms with Gasteiger partial charge in [0.1, 0.15) is 25.0 Å². The number of amides is 1. The maximum absolute atomic E-state index is 12.6. The average Bonchev–Trinajstić information content (AvgIpc) is 2.86. The van der Waals surface area contributed by atoms with E-state index < -0.39 is 0 Å². The highest BCUT2D eigenvalue weighted by Gasteiger charge is 2.27. The van der Waals surface area contributed by atoms with Crippen molar-refractivity contribution in [2.24, 2.45) is 0 Å². The number of carbonyl (C=O) groups excluding carboxylic acids is 1. The van der Waals surface area contributed by atoms with Gasteiger partial charge in [0.15, 0.2) is 6.54 Å². The highest BCUT2D eigenvalue weighted by atomic mass is 16.5. The highest BCUT2D eigenvalue weighted by molar-refractivity contribution is 5.92. The maximum Gasteiger partial charge on any atom is 0.280 e. The molecule has 1 aliphatic heterocycles. The van der Waals surface area contributed by atoms with Crippen LogP contribution in [0.15, 0.2) is 0 Å². The van der Waals surface area contributed by atoms with Crippen LogP contribution in [0.5, 0.6) is 0 Å². The van der Waals surface area contributed by atoms with Crippen LogP contribution in [0, 0.1) is 25.2 Å². The normalized spacial score (nSPS) is 19.6. The molecule has 2 fully saturated rings. The Labute approximate surface area is 149 Å². The minimum Gasteiger partial charge on any atom is -0.370 e. The monoisotopic (exact) mass is 345 g/mol. The molecule has 1 aromatic rings. The van der Waals surface area contributed by atoms with Gasteiger partial charge >= 0.3 is 0 Å². The van der Waals surface area contributed by atoms with Crippen molar-refractivity contribution < 1.29 is 14.4 Å². The molecule has 1 aliphatic carbocycles. The quantitative estimate of drug-likeness (QED) is 0.865. The van der Waals surface area contributed by atoms with E-state index >= 15 is 0 Å². The fourth-order valence-corrected chi connectivity index (χ4v) is 4.12. The number of hydrogen-bond donors (Lipinski definition) is 2. The second kappa shape index (κ2) is 8.03. The number of nitriles is 1. The van der Waals surface area contributed by atoms with Crippen LogP contribution in [0.25, 0.3) is 0 Å². The third kappa shape index (κ3) is 3.88. The van der Waals surface area contributed by atoms with E-state index in [2.05, 4.69) is 22.9 Å². The topological polar surface area (TPSA) is 71.5 Å². The Balaban J connectivity index is 1.82. The smallest absolute Gasteiger partial charge is 0.280 e. The minimum absolute atomic E-state index is 0.0111. The zero-order valence-electron chi connectivity index (χ0n) is 15.4. The standard InChI is InChI=1S/C19H28N4O2/c1-14-15(2)23(16-6-4-3-5-7-16)19(17(14)12-20)21-18(24)13-22-8-10-25-11-9-22/h16H,3-11,13H2,1-2H3,(H,21,24)/p+1. The van der Waals surface area contributed by atoms with Crippen LogP contribution in [0.2, 0.25) is 0 Å². The number of nitrogens with one attached hydrogen (secondary N) is 2. The second-order valence-corrected chi connectivity index (χ2v) is 7.29. The van der Waals surface area contributed by atoms with E-state index in [1.165, 1.54) is 24.2 Å². The first-order valence-electron chi connectivity index (χ1n) is 9.44. The van der Waals surface area contributed by atoms with Gasteiger partial charge in [-0.05, 0) is 32.3 Å². The number of anilines is 1. The third-order valence-corrected chi connectivity index (χ3v) is 5.68. The number of carbonyl (C=O) groups is 1. The molecule has 2 aliphatic rings. The Bertz CT molecular complexity index is 662. The summed E-state index contributed by atoms with van der Waals surface area (Å²) < 4.78 is 7.58. The van der Waals surface area contributed by atoms with Gasteiger partial charge in [-0.3, -0.25) is 4.79 Å². The summed E-state index contributed by atoms with van der Waals surface area (Å²) in [6.07, 6.45) is 5.96. The van der Waals surface area contributed by atoms with Gasteiger partial charge in [-0.2, -0.15) is 5.26 Å². The summed E-state index contributed by atoms with van der Waals surface area (Å²) in [6.45, 7) is 7.62. The van der Waals surface area contributed by atoms with Gasteiger partial charge in [0.25, 0.3) is 5.91 Å². The minimum atomic E-state index is -0.0111. The molecule has 1 amide bonds. The van der Waals surface area contributed by atoms with Gasteiger partial charge in [0, 0.05) is 11.7 Å². The number of aromatic nitrogens is 1. The molecule has 2 N–H and O–H groups in total. The molecule has 3 rings (SSSR count). The lowest BCUT2D eigenvalue weighted by Crippen LogP contribution is -3.15. The molecule has 25 heavy (non-hydrogen) atoms. The van der Waals surface area contributed by atoms with Crippen molar-refractivity contribution in [1.82, 2.24) is 4.57 Å². The summed E-state index contributed by atoms with van der Waals surface area (Å²) in [5.41, 5.74) is 2.72. The lowest BCUT2D eigenvalue weighted by atomic mass is 9.95. The van der Waals surface area contributed by atoms with Gasteiger partial charge in [-0.1, -0.05) is 19.3 Å². The van der Waals surface area contributed by atoms with E-state index in [4.69, 9.17) is 4.74 Å². The Morgan fingerprint density at radius 3 is 2.60 bits per heavy atom. The van der Waals surface area contributed by atoms with Crippen molar-refractivity contribution in [1.29, 1.82) is 5.26 Å². The number of rotatable bonds is 4. The SMILES string of the molecule is Cc1c(C#N)c(NC(=O)C[NH+]2CCOCC2)n(C2CCCCC2)c1C. The number of quaternary nitrogens is 1. The lowest BCUT2D eigenvalue weighted by Gasteiger charge is -2.27. The van der Waals surface area contributed by atoms with Crippen molar-refractivity contribution in [3.63, 3.8) is 0 Å². The van der Waals surface area contributed by atoms with E-state index in [1.807, 2.05) is 6.92 Å². The zero-order chi connectivity index (χ0) is 17.8. The summed E-state index contributed by atoms with van der Waals surface area (Å²) in [4.78, 5) is 13.9. The molecule has 0 aromatic carbocycles. The van der Waals surface area contributed by atoms with Crippen molar-refractivity contribution >= 4 is 11.7 Å². The predicted molar refractivity (Wildman–Crippen MR) is 95.8 cm³/mol. The number of hydrogen-bond acceptors (Lipinski definition) is 3. The van der Waals surface area contributed by atoms with Crippen LogP contribution < -0.4 is 10.2 Å². The molecule has 6 heteroatoms. The number of ether oxygens (including phenoxy) is 1. The van der Waals surface area contributed by atoms with E-state index in [0.29, 0.717) is 37.2 Å². The third-order valence-electron chi connectivity index (χ3n) is 5.68. The Kier molecular flexibility index (Phi) is 5.77. The lowest BCUT2D eigenvalue weighted by molar-refractivity contribution is -0.899. The van der Waals surface area contributed by atoms with Gasteiger partial charge in [0.05, 0.1) is 18.8 Å². The van der Waals surface area contributed by atoms with Crippen molar-refractivity contribution in [3.8, 4) is 6.07 Å². The first-order chi connectivity index (χ1) is 12.1. The van der Waals surface area contributed by atoms with E-state index in [1.54, 1.807) is 0 Å². The molecule has 1 saturated carbocycles. The Hall–Kier alpha value is -1.84. The second-order valence-electron chi connectivity index (χ2n) is 7.29. The van der Waals surface area contributed by atoms with Crippen LogP contribution >= 0.6 is 0 Å². The molecule has 136 valence electrons. The Morgan fingerprint density at radius 2 is 1.96 bits per heavy atom. The summed E-state index contributed by atoms with van der Waals surface area (Å²) in [7, 11) is 0. The maximum atomic E-state index is 12.6. The fourth-order valence-electron chi connectivity index (χ4n) is 4.12. The van der Waals surface area contributed by atoms with Crippen molar-refractivity contribution in [2.45, 2.75) is 52.0 Å². The van der Waals surface area contributed by atoms with Gasteiger partial charge in [0.2, 0.25) is 0 Å². The van der Waals surface area contributed by atoms with E-state index in [9.17, 15) is 10.1 Å². The first-order valence-corrected chi connectivity index (χ1v) is 9.44. The molecule has 0 unspecified atom stereocenters. The van der Waals surface area contributed by atoms with Crippen molar-refractivity contribution in [3.05, 3.63) is 16.8 Å². The molecule has 1 aromatic heterocycles. The summed E-state index contributed by atoms with van der Waals surface area (Å²) >= 11 is 0. The average molecular weight is 345 g/mol. The van der Waals surface area contributed by atoms with Crippen LogP contribution in [-0.2, 0) is 9.53 Å². The van der Waals surface area contributed by atoms with E-state index in [0.717, 1.165) is 37.2 Å². The molecule has 1 saturated heterocycles.